The molecule has 3 aromatic rings. The summed E-state index contributed by atoms with van der Waals surface area (Å²) in [5.41, 5.74) is 0.0236. The smallest absolute Gasteiger partial charge is 0.341 e. The molecule has 0 aliphatic heterocycles. The largest absolute Gasteiger partial charge is 0.488 e. The zero-order valence-electron chi connectivity index (χ0n) is 16.8. The van der Waals surface area contributed by atoms with Crippen LogP contribution in [-0.2, 0) is 11.4 Å². The molecule has 3 rings (SSSR count). The molecular weight excluding hydrogens is 399 g/mol. The van der Waals surface area contributed by atoms with Crippen LogP contribution in [0.15, 0.2) is 54.8 Å². The topological polar surface area (TPSA) is 92.4 Å². The maximum Gasteiger partial charge on any atom is 0.341 e. The van der Waals surface area contributed by atoms with Crippen LogP contribution in [-0.4, -0.2) is 22.7 Å². The van der Waals surface area contributed by atoms with Crippen molar-refractivity contribution >= 4 is 17.6 Å². The van der Waals surface area contributed by atoms with Crippen LogP contribution in [0, 0.1) is 17.1 Å². The first-order valence-electron chi connectivity index (χ1n) is 9.22. The molecule has 6 nitrogen and oxygen atoms in total. The molecule has 0 atom stereocenters. The lowest BCUT2D eigenvalue weighted by Crippen LogP contribution is -2.11. The van der Waals surface area contributed by atoms with Gasteiger partial charge in [-0.15, -0.1) is 0 Å². The van der Waals surface area contributed by atoms with E-state index >= 15 is 4.39 Å². The Kier molecular flexibility index (Phi) is 5.45. The van der Waals surface area contributed by atoms with Crippen molar-refractivity contribution in [2.45, 2.75) is 6.61 Å². The summed E-state index contributed by atoms with van der Waals surface area (Å²) in [6.07, 6.45) is 3.10. The van der Waals surface area contributed by atoms with E-state index in [9.17, 15) is 10.1 Å². The summed E-state index contributed by atoms with van der Waals surface area (Å²) < 4.78 is 41.9. The number of pyridine rings is 1. The zero-order chi connectivity index (χ0) is 22.5. The van der Waals surface area contributed by atoms with E-state index < -0.39 is 24.0 Å². The Hall–Kier alpha value is -3.63. The fourth-order valence-corrected chi connectivity index (χ4v) is 2.74. The molecule has 1 aromatic heterocycles. The number of nitrogens with zero attached hydrogens (tertiary/aromatic N) is 2. The van der Waals surface area contributed by atoms with Crippen molar-refractivity contribution in [1.82, 2.24) is 4.98 Å². The molecule has 0 spiro atoms. The fourth-order valence-electron chi connectivity index (χ4n) is 2.53. The summed E-state index contributed by atoms with van der Waals surface area (Å²) in [5, 5.41) is 18.1. The van der Waals surface area contributed by atoms with Gasteiger partial charge in [0.25, 0.3) is 0 Å². The van der Waals surface area contributed by atoms with Gasteiger partial charge in [0.15, 0.2) is 12.4 Å². The lowest BCUT2D eigenvalue weighted by atomic mass is 10.00. The van der Waals surface area contributed by atoms with E-state index in [0.717, 1.165) is 0 Å². The second-order valence-electron chi connectivity index (χ2n) is 5.71. The Balaban J connectivity index is 2.18. The predicted octanol–water partition coefficient (Wildman–Crippen LogP) is 4.46. The highest BCUT2D eigenvalue weighted by molar-refractivity contribution is 6.33. The zero-order valence-corrected chi connectivity index (χ0v) is 15.5. The van der Waals surface area contributed by atoms with Gasteiger partial charge in [-0.05, 0) is 23.7 Å². The molecule has 0 saturated heterocycles. The third-order valence-corrected chi connectivity index (χ3v) is 4.12. The molecule has 0 saturated carbocycles. The lowest BCUT2D eigenvalue weighted by molar-refractivity contribution is -0.139. The van der Waals surface area contributed by atoms with Gasteiger partial charge in [-0.1, -0.05) is 29.8 Å². The number of hydrogen-bond donors (Lipinski definition) is 1. The monoisotopic (exact) mass is 416 g/mol. The van der Waals surface area contributed by atoms with Gasteiger partial charge in [0.2, 0.25) is 0 Å². The number of halogens is 2. The normalized spacial score (nSPS) is 11.2. The van der Waals surface area contributed by atoms with E-state index in [0.29, 0.717) is 5.56 Å². The van der Waals surface area contributed by atoms with E-state index in [2.05, 4.69) is 4.98 Å². The molecule has 0 bridgehead atoms. The Morgan fingerprint density at radius 2 is 2.07 bits per heavy atom. The number of ether oxygens (including phenoxy) is 2. The van der Waals surface area contributed by atoms with Crippen LogP contribution in [0.1, 0.15) is 13.9 Å². The Labute approximate surface area is 173 Å². The molecular formula is C21H14ClFN2O4. The van der Waals surface area contributed by atoms with Crippen LogP contribution < -0.4 is 9.47 Å². The summed E-state index contributed by atoms with van der Waals surface area (Å²) in [6, 6.07) is 8.38. The third-order valence-electron chi connectivity index (χ3n) is 3.82. The summed E-state index contributed by atoms with van der Waals surface area (Å²) in [5.74, 6) is -2.74. The highest BCUT2D eigenvalue weighted by atomic mass is 35.5. The summed E-state index contributed by atoms with van der Waals surface area (Å²) in [4.78, 5) is 14.8. The Morgan fingerprint density at radius 3 is 2.76 bits per heavy atom. The number of carbonyl (C=O) groups is 1. The van der Waals surface area contributed by atoms with Crippen molar-refractivity contribution in [3.05, 3.63) is 76.8 Å². The van der Waals surface area contributed by atoms with Gasteiger partial charge in [0.1, 0.15) is 29.7 Å². The maximum absolute atomic E-state index is 15.4. The molecule has 0 fully saturated rings. The average molecular weight is 417 g/mol. The highest BCUT2D eigenvalue weighted by Crippen LogP contribution is 2.42. The van der Waals surface area contributed by atoms with E-state index in [1.165, 1.54) is 18.2 Å². The molecule has 2 aromatic carbocycles. The van der Waals surface area contributed by atoms with Gasteiger partial charge in [0, 0.05) is 29.0 Å². The SMILES string of the molecule is [3H]c1ccc(-c2c(OCc3ccncc3)cc(OCC(=O)O)c(C#N)c2F)c(Cl)c1[3H]. The van der Waals surface area contributed by atoms with Crippen molar-refractivity contribution in [2.75, 3.05) is 6.61 Å². The second kappa shape index (κ2) is 9.04. The maximum atomic E-state index is 15.4. The Morgan fingerprint density at radius 1 is 1.31 bits per heavy atom. The quantitative estimate of drug-likeness (QED) is 0.611. The molecule has 0 aliphatic carbocycles. The van der Waals surface area contributed by atoms with Gasteiger partial charge in [-0.25, -0.2) is 9.18 Å². The minimum absolute atomic E-state index is 0.00110. The summed E-state index contributed by atoms with van der Waals surface area (Å²) in [7, 11) is 0. The standard InChI is InChI=1S/C21H14ClFN2O4/c22-16-4-2-1-3-14(16)20-18(28-11-13-5-7-25-8-6-13)9-17(29-12-19(26)27)15(10-24)21(20)23/h1-9H,11-12H2,(H,26,27)/i2T,4T. The first-order valence-corrected chi connectivity index (χ1v) is 8.60. The lowest BCUT2D eigenvalue weighted by Gasteiger charge is -2.17. The first kappa shape index (κ1) is 17.5. The van der Waals surface area contributed by atoms with Crippen molar-refractivity contribution in [3.8, 4) is 28.7 Å². The van der Waals surface area contributed by atoms with Crippen LogP contribution in [0.5, 0.6) is 11.5 Å². The number of nitriles is 1. The minimum Gasteiger partial charge on any atom is -0.488 e. The van der Waals surface area contributed by atoms with Crippen LogP contribution in [0.2, 0.25) is 5.02 Å². The molecule has 0 amide bonds. The Bertz CT molecular complexity index is 1190. The number of carboxylic acids is 1. The molecule has 1 N–H and O–H groups in total. The first-order chi connectivity index (χ1) is 14.8. The number of rotatable bonds is 7. The van der Waals surface area contributed by atoms with Crippen molar-refractivity contribution in [1.29, 1.82) is 5.26 Å². The molecule has 0 unspecified atom stereocenters. The second-order valence-corrected chi connectivity index (χ2v) is 6.08. The number of aliphatic carboxylic acids is 1. The van der Waals surface area contributed by atoms with Crippen molar-refractivity contribution in [3.63, 3.8) is 0 Å². The predicted molar refractivity (Wildman–Crippen MR) is 103 cm³/mol. The molecule has 0 radical (unpaired) electrons. The van der Waals surface area contributed by atoms with E-state index in [1.807, 2.05) is 0 Å². The minimum atomic E-state index is -1.31. The molecule has 1 heterocycles. The van der Waals surface area contributed by atoms with Crippen LogP contribution in [0.3, 0.4) is 0 Å². The number of benzene rings is 2. The van der Waals surface area contributed by atoms with E-state index in [-0.39, 0.29) is 46.3 Å². The molecule has 8 heteroatoms. The van der Waals surface area contributed by atoms with E-state index in [1.54, 1.807) is 30.6 Å². The molecule has 146 valence electrons. The third kappa shape index (κ3) is 4.62. The van der Waals surface area contributed by atoms with Crippen LogP contribution >= 0.6 is 11.6 Å². The summed E-state index contributed by atoms with van der Waals surface area (Å²) >= 11 is 6.20. The number of aromatic nitrogens is 1. The van der Waals surface area contributed by atoms with Crippen molar-refractivity contribution < 1.29 is 26.5 Å². The molecule has 0 aliphatic rings. The fraction of sp³-hybridized carbons (Fsp3) is 0.0952. The average Bonchev–Trinajstić information content (AvgIpc) is 2.76. The highest BCUT2D eigenvalue weighted by Gasteiger charge is 2.23. The van der Waals surface area contributed by atoms with Crippen LogP contribution in [0.4, 0.5) is 4.39 Å². The van der Waals surface area contributed by atoms with Gasteiger partial charge in [-0.3, -0.25) is 4.98 Å². The van der Waals surface area contributed by atoms with E-state index in [4.69, 9.17) is 28.9 Å². The van der Waals surface area contributed by atoms with Gasteiger partial charge < -0.3 is 14.6 Å². The van der Waals surface area contributed by atoms with Crippen LogP contribution in [0.25, 0.3) is 11.1 Å². The number of carboxylic acid groups (broad SMARTS) is 1. The van der Waals surface area contributed by atoms with Gasteiger partial charge >= 0.3 is 5.97 Å². The molecule has 29 heavy (non-hydrogen) atoms. The van der Waals surface area contributed by atoms with Gasteiger partial charge in [-0.2, -0.15) is 5.26 Å². The summed E-state index contributed by atoms with van der Waals surface area (Å²) in [6.45, 7) is -0.788. The number of hydrogen-bond acceptors (Lipinski definition) is 5. The van der Waals surface area contributed by atoms with Crippen molar-refractivity contribution in [2.24, 2.45) is 0 Å². The van der Waals surface area contributed by atoms with Gasteiger partial charge in [0.05, 0.1) is 8.30 Å².